The van der Waals surface area contributed by atoms with Crippen molar-refractivity contribution >= 4 is 0 Å². The molecule has 0 amide bonds. The van der Waals surface area contributed by atoms with Crippen molar-refractivity contribution < 1.29 is 4.74 Å². The number of nitrogens with zero attached hydrogens (tertiary/aromatic N) is 1. The lowest BCUT2D eigenvalue weighted by Crippen LogP contribution is -2.29. The van der Waals surface area contributed by atoms with Gasteiger partial charge in [-0.15, -0.1) is 0 Å². The molecule has 0 bridgehead atoms. The van der Waals surface area contributed by atoms with Crippen molar-refractivity contribution in [2.24, 2.45) is 0 Å². The second-order valence-corrected chi connectivity index (χ2v) is 4.76. The molecule has 0 saturated carbocycles. The SMILES string of the molecule is COC(C)CNC(C)c1c(C)cc(C)nc1C. The minimum absolute atomic E-state index is 0.233. The minimum atomic E-state index is 0.233. The van der Waals surface area contributed by atoms with Crippen LogP contribution in [0.3, 0.4) is 0 Å². The third-order valence-corrected chi connectivity index (χ3v) is 3.13. The van der Waals surface area contributed by atoms with Crippen LogP contribution in [-0.2, 0) is 4.74 Å². The summed E-state index contributed by atoms with van der Waals surface area (Å²) in [5.41, 5.74) is 4.81. The van der Waals surface area contributed by atoms with Crippen LogP contribution in [0.4, 0.5) is 0 Å². The van der Waals surface area contributed by atoms with Crippen LogP contribution in [0.5, 0.6) is 0 Å². The largest absolute Gasteiger partial charge is 0.380 e. The van der Waals surface area contributed by atoms with Crippen LogP contribution >= 0.6 is 0 Å². The van der Waals surface area contributed by atoms with Gasteiger partial charge in [0.2, 0.25) is 0 Å². The van der Waals surface area contributed by atoms with E-state index in [4.69, 9.17) is 4.74 Å². The van der Waals surface area contributed by atoms with Crippen molar-refractivity contribution in [1.82, 2.24) is 10.3 Å². The van der Waals surface area contributed by atoms with E-state index in [0.29, 0.717) is 6.04 Å². The Bertz CT molecular complexity index is 353. The number of ether oxygens (including phenoxy) is 1. The number of nitrogens with one attached hydrogen (secondary N) is 1. The normalized spacial score (nSPS) is 14.7. The Morgan fingerprint density at radius 1 is 1.29 bits per heavy atom. The Hall–Kier alpha value is -0.930. The highest BCUT2D eigenvalue weighted by atomic mass is 16.5. The van der Waals surface area contributed by atoms with E-state index in [2.05, 4.69) is 44.1 Å². The van der Waals surface area contributed by atoms with Gasteiger partial charge in [0.05, 0.1) is 6.10 Å². The molecule has 3 nitrogen and oxygen atoms in total. The maximum Gasteiger partial charge on any atom is 0.0667 e. The van der Waals surface area contributed by atoms with Crippen LogP contribution in [0.25, 0.3) is 0 Å². The topological polar surface area (TPSA) is 34.1 Å². The average Bonchev–Trinajstić information content (AvgIpc) is 2.24. The summed E-state index contributed by atoms with van der Waals surface area (Å²) in [6.07, 6.45) is 0.233. The Balaban J connectivity index is 2.78. The first-order chi connectivity index (χ1) is 7.95. The van der Waals surface area contributed by atoms with E-state index in [1.165, 1.54) is 11.1 Å². The van der Waals surface area contributed by atoms with E-state index in [-0.39, 0.29) is 6.10 Å². The Morgan fingerprint density at radius 2 is 1.94 bits per heavy atom. The van der Waals surface area contributed by atoms with Gasteiger partial charge in [0.15, 0.2) is 0 Å². The summed E-state index contributed by atoms with van der Waals surface area (Å²) in [5.74, 6) is 0. The van der Waals surface area contributed by atoms with Gasteiger partial charge in [-0.05, 0) is 51.8 Å². The number of hydrogen-bond acceptors (Lipinski definition) is 3. The quantitative estimate of drug-likeness (QED) is 0.853. The first-order valence-electron chi connectivity index (χ1n) is 6.16. The molecule has 0 radical (unpaired) electrons. The molecule has 2 atom stereocenters. The molecule has 1 aromatic heterocycles. The number of methoxy groups -OCH3 is 1. The minimum Gasteiger partial charge on any atom is -0.380 e. The molecule has 1 N–H and O–H groups in total. The van der Waals surface area contributed by atoms with Gasteiger partial charge in [0, 0.05) is 31.1 Å². The maximum absolute atomic E-state index is 5.24. The van der Waals surface area contributed by atoms with Crippen molar-refractivity contribution in [3.05, 3.63) is 28.6 Å². The van der Waals surface area contributed by atoms with E-state index in [1.54, 1.807) is 7.11 Å². The van der Waals surface area contributed by atoms with E-state index in [9.17, 15) is 0 Å². The van der Waals surface area contributed by atoms with Crippen molar-refractivity contribution in [2.45, 2.75) is 46.8 Å². The molecule has 0 saturated heterocycles. The van der Waals surface area contributed by atoms with Gasteiger partial charge in [0.25, 0.3) is 0 Å². The molecule has 0 aliphatic heterocycles. The predicted molar refractivity (Wildman–Crippen MR) is 71.3 cm³/mol. The third-order valence-electron chi connectivity index (χ3n) is 3.13. The molecule has 17 heavy (non-hydrogen) atoms. The van der Waals surface area contributed by atoms with Crippen LogP contribution in [0.15, 0.2) is 6.07 Å². The molecule has 0 spiro atoms. The van der Waals surface area contributed by atoms with Crippen molar-refractivity contribution in [2.75, 3.05) is 13.7 Å². The lowest BCUT2D eigenvalue weighted by molar-refractivity contribution is 0.115. The van der Waals surface area contributed by atoms with E-state index in [1.807, 2.05) is 6.92 Å². The Kier molecular flexibility index (Phi) is 5.09. The summed E-state index contributed by atoms with van der Waals surface area (Å²) in [6, 6.07) is 2.45. The molecule has 2 unspecified atom stereocenters. The Labute approximate surface area is 105 Å². The zero-order valence-electron chi connectivity index (χ0n) is 11.8. The zero-order valence-corrected chi connectivity index (χ0v) is 11.8. The van der Waals surface area contributed by atoms with Crippen LogP contribution in [0.1, 0.15) is 42.4 Å². The molecule has 0 aliphatic rings. The first-order valence-corrected chi connectivity index (χ1v) is 6.16. The zero-order chi connectivity index (χ0) is 13.0. The van der Waals surface area contributed by atoms with Gasteiger partial charge in [-0.1, -0.05) is 0 Å². The fourth-order valence-electron chi connectivity index (χ4n) is 2.22. The molecule has 0 aromatic carbocycles. The second-order valence-electron chi connectivity index (χ2n) is 4.76. The van der Waals surface area contributed by atoms with Crippen molar-refractivity contribution in [3.8, 4) is 0 Å². The number of aromatic nitrogens is 1. The summed E-state index contributed by atoms with van der Waals surface area (Å²) < 4.78 is 5.24. The fraction of sp³-hybridized carbons (Fsp3) is 0.643. The lowest BCUT2D eigenvalue weighted by atomic mass is 10.0. The predicted octanol–water partition coefficient (Wildman–Crippen LogP) is 2.69. The van der Waals surface area contributed by atoms with Crippen molar-refractivity contribution in [1.29, 1.82) is 0 Å². The highest BCUT2D eigenvalue weighted by Crippen LogP contribution is 2.21. The van der Waals surface area contributed by atoms with Gasteiger partial charge >= 0.3 is 0 Å². The van der Waals surface area contributed by atoms with Gasteiger partial charge in [-0.25, -0.2) is 0 Å². The summed E-state index contributed by atoms with van der Waals surface area (Å²) in [4.78, 5) is 4.53. The summed E-state index contributed by atoms with van der Waals surface area (Å²) >= 11 is 0. The number of rotatable bonds is 5. The molecule has 96 valence electrons. The monoisotopic (exact) mass is 236 g/mol. The standard InChI is InChI=1S/C14H24N2O/c1-9-7-10(2)16-13(5)14(9)12(4)15-8-11(3)17-6/h7,11-12,15H,8H2,1-6H3. The van der Waals surface area contributed by atoms with Crippen LogP contribution in [0.2, 0.25) is 0 Å². The summed E-state index contributed by atoms with van der Waals surface area (Å²) in [5, 5.41) is 3.49. The average molecular weight is 236 g/mol. The fourth-order valence-corrected chi connectivity index (χ4v) is 2.22. The molecular weight excluding hydrogens is 212 g/mol. The van der Waals surface area contributed by atoms with E-state index >= 15 is 0 Å². The van der Waals surface area contributed by atoms with E-state index in [0.717, 1.165) is 17.9 Å². The maximum atomic E-state index is 5.24. The van der Waals surface area contributed by atoms with Crippen LogP contribution < -0.4 is 5.32 Å². The number of aryl methyl sites for hydroxylation is 3. The van der Waals surface area contributed by atoms with E-state index < -0.39 is 0 Å². The van der Waals surface area contributed by atoms with Gasteiger partial charge in [-0.3, -0.25) is 4.98 Å². The second kappa shape index (κ2) is 6.12. The number of pyridine rings is 1. The molecule has 0 fully saturated rings. The van der Waals surface area contributed by atoms with Crippen molar-refractivity contribution in [3.63, 3.8) is 0 Å². The molecule has 1 aromatic rings. The first kappa shape index (κ1) is 14.1. The smallest absolute Gasteiger partial charge is 0.0667 e. The molecule has 1 heterocycles. The van der Waals surface area contributed by atoms with Crippen LogP contribution in [-0.4, -0.2) is 24.7 Å². The lowest BCUT2D eigenvalue weighted by Gasteiger charge is -2.20. The highest BCUT2D eigenvalue weighted by molar-refractivity contribution is 5.33. The molecule has 1 rings (SSSR count). The van der Waals surface area contributed by atoms with Gasteiger partial charge in [-0.2, -0.15) is 0 Å². The molecule has 0 aliphatic carbocycles. The molecule has 3 heteroatoms. The number of hydrogen-bond donors (Lipinski definition) is 1. The third kappa shape index (κ3) is 3.79. The van der Waals surface area contributed by atoms with Gasteiger partial charge in [0.1, 0.15) is 0 Å². The summed E-state index contributed by atoms with van der Waals surface area (Å²) in [6.45, 7) is 11.4. The Morgan fingerprint density at radius 3 is 2.47 bits per heavy atom. The van der Waals surface area contributed by atoms with Gasteiger partial charge < -0.3 is 10.1 Å². The van der Waals surface area contributed by atoms with Crippen LogP contribution in [0, 0.1) is 20.8 Å². The molecular formula is C14H24N2O. The summed E-state index contributed by atoms with van der Waals surface area (Å²) in [7, 11) is 1.74. The highest BCUT2D eigenvalue weighted by Gasteiger charge is 2.13.